The topological polar surface area (TPSA) is 99.0 Å². The van der Waals surface area contributed by atoms with E-state index in [0.29, 0.717) is 60.7 Å². The van der Waals surface area contributed by atoms with Gasteiger partial charge in [-0.3, -0.25) is 9.48 Å². The van der Waals surface area contributed by atoms with Gasteiger partial charge in [-0.05, 0) is 55.2 Å². The number of rotatable bonds is 7. The number of aliphatic hydroxyl groups is 1. The van der Waals surface area contributed by atoms with Gasteiger partial charge in [0.2, 0.25) is 15.9 Å². The number of anilines is 1. The van der Waals surface area contributed by atoms with Crippen molar-refractivity contribution >= 4 is 33.2 Å². The highest BCUT2D eigenvalue weighted by Crippen LogP contribution is 2.36. The minimum absolute atomic E-state index is 0.0543. The van der Waals surface area contributed by atoms with Crippen LogP contribution in [0.3, 0.4) is 0 Å². The summed E-state index contributed by atoms with van der Waals surface area (Å²) in [6.45, 7) is 2.24. The number of hydrogen-bond donors (Lipinski definition) is 1. The minimum atomic E-state index is -4.48. The lowest BCUT2D eigenvalue weighted by Gasteiger charge is -2.41. The number of alkyl halides is 3. The molecule has 45 heavy (non-hydrogen) atoms. The lowest BCUT2D eigenvalue weighted by Crippen LogP contribution is -2.50. The molecule has 0 spiro atoms. The number of likely N-dealkylation sites (tertiary alicyclic amines) is 1. The molecule has 0 radical (unpaired) electrons. The average Bonchev–Trinajstić information content (AvgIpc) is 3.34. The molecule has 1 saturated heterocycles. The Balaban J connectivity index is 1.15. The molecule has 1 fully saturated rings. The number of aryl methyl sites for hydroxylation is 1. The summed E-state index contributed by atoms with van der Waals surface area (Å²) in [6, 6.07) is 10.4. The van der Waals surface area contributed by atoms with Crippen molar-refractivity contribution in [3.8, 4) is 11.3 Å². The number of aromatic nitrogens is 2. The summed E-state index contributed by atoms with van der Waals surface area (Å²) in [7, 11) is -3.50. The highest BCUT2D eigenvalue weighted by molar-refractivity contribution is 7.88. The van der Waals surface area contributed by atoms with Crippen LogP contribution in [-0.4, -0.2) is 83.0 Å². The lowest BCUT2D eigenvalue weighted by molar-refractivity contribution is -0.137. The molecule has 0 bridgehead atoms. The van der Waals surface area contributed by atoms with E-state index in [1.165, 1.54) is 16.4 Å². The Morgan fingerprint density at radius 3 is 2.40 bits per heavy atom. The van der Waals surface area contributed by atoms with Crippen molar-refractivity contribution < 1.29 is 31.5 Å². The largest absolute Gasteiger partial charge is 0.416 e. The van der Waals surface area contributed by atoms with E-state index in [4.69, 9.17) is 16.7 Å². The molecule has 1 unspecified atom stereocenters. The minimum Gasteiger partial charge on any atom is -0.390 e. The van der Waals surface area contributed by atoms with Gasteiger partial charge in [-0.1, -0.05) is 23.7 Å². The second-order valence-corrected chi connectivity index (χ2v) is 14.5. The van der Waals surface area contributed by atoms with Crippen LogP contribution in [-0.2, 0) is 46.9 Å². The Morgan fingerprint density at radius 1 is 1.02 bits per heavy atom. The normalized spacial score (nSPS) is 19.4. The number of fused-ring (bicyclic) bond motifs is 2. The number of aliphatic hydroxyl groups excluding tert-OH is 1. The highest BCUT2D eigenvalue weighted by atomic mass is 35.5. The molecule has 14 heteroatoms. The predicted molar refractivity (Wildman–Crippen MR) is 164 cm³/mol. The number of piperidine rings is 1. The van der Waals surface area contributed by atoms with E-state index in [1.807, 2.05) is 23.1 Å². The average molecular weight is 666 g/mol. The summed E-state index contributed by atoms with van der Waals surface area (Å²) in [5.74, 6) is 0.116. The fourth-order valence-corrected chi connectivity index (χ4v) is 7.73. The molecular weight excluding hydrogens is 631 g/mol. The molecule has 6 rings (SSSR count). The van der Waals surface area contributed by atoms with Crippen LogP contribution >= 0.6 is 11.6 Å². The van der Waals surface area contributed by atoms with Gasteiger partial charge in [-0.25, -0.2) is 8.42 Å². The maximum Gasteiger partial charge on any atom is 0.416 e. The fourth-order valence-electron chi connectivity index (χ4n) is 6.75. The summed E-state index contributed by atoms with van der Waals surface area (Å²) >= 11 is 6.19. The van der Waals surface area contributed by atoms with Gasteiger partial charge in [-0.2, -0.15) is 22.6 Å². The van der Waals surface area contributed by atoms with Crippen LogP contribution in [0.4, 0.5) is 18.9 Å². The van der Waals surface area contributed by atoms with Gasteiger partial charge in [-0.15, -0.1) is 0 Å². The smallest absolute Gasteiger partial charge is 0.390 e. The Bertz CT molecular complexity index is 1690. The van der Waals surface area contributed by atoms with Crippen LogP contribution < -0.4 is 4.90 Å². The number of carbonyl (C=O) groups is 1. The first-order chi connectivity index (χ1) is 21.3. The van der Waals surface area contributed by atoms with Crippen molar-refractivity contribution in [2.75, 3.05) is 37.3 Å². The molecule has 3 aromatic rings. The molecule has 4 heterocycles. The number of benzene rings is 2. The van der Waals surface area contributed by atoms with E-state index in [2.05, 4.69) is 4.90 Å². The molecule has 3 aliphatic rings. The molecule has 3 aliphatic heterocycles. The summed E-state index contributed by atoms with van der Waals surface area (Å²) in [6.07, 6.45) is -1.12. The first-order valence-corrected chi connectivity index (χ1v) is 17.2. The monoisotopic (exact) mass is 665 g/mol. The van der Waals surface area contributed by atoms with E-state index in [9.17, 15) is 31.5 Å². The van der Waals surface area contributed by atoms with Crippen LogP contribution in [0.25, 0.3) is 11.3 Å². The SMILES string of the molecule is CS(=O)(=O)N1CCc2c(c(-c3ccc(C(F)(F)F)cc3)nn2CC(O)CN2CCC(N3C(=O)CCc4cc(Cl)ccc43)CC2)C1. The number of hydrogen-bond acceptors (Lipinski definition) is 6. The van der Waals surface area contributed by atoms with Gasteiger partial charge in [0.1, 0.15) is 0 Å². The van der Waals surface area contributed by atoms with Crippen LogP contribution in [0.2, 0.25) is 5.02 Å². The maximum atomic E-state index is 13.2. The van der Waals surface area contributed by atoms with Crippen LogP contribution in [0.1, 0.15) is 41.6 Å². The van der Waals surface area contributed by atoms with Crippen molar-refractivity contribution in [3.05, 3.63) is 69.9 Å². The van der Waals surface area contributed by atoms with Crippen molar-refractivity contribution in [1.29, 1.82) is 0 Å². The first-order valence-electron chi connectivity index (χ1n) is 15.0. The molecule has 9 nitrogen and oxygen atoms in total. The zero-order valence-electron chi connectivity index (χ0n) is 24.8. The van der Waals surface area contributed by atoms with Gasteiger partial charge in [0, 0.05) is 79.1 Å². The molecule has 0 saturated carbocycles. The maximum absolute atomic E-state index is 13.2. The van der Waals surface area contributed by atoms with Crippen molar-refractivity contribution in [1.82, 2.24) is 19.0 Å². The standard InChI is InChI=1S/C31H35ClF3N5O4S/c1-45(43,44)38-15-12-28-26(19-38)30(20-2-5-22(6-3-20)31(33,34)35)36-39(28)18-25(41)17-37-13-10-24(11-14-37)40-27-8-7-23(32)16-21(27)4-9-29(40)42/h2-3,5-8,16,24-25,41H,4,9-15,17-19H2,1H3. The van der Waals surface area contributed by atoms with Crippen LogP contribution in [0.5, 0.6) is 0 Å². The van der Waals surface area contributed by atoms with Gasteiger partial charge < -0.3 is 14.9 Å². The van der Waals surface area contributed by atoms with Crippen molar-refractivity contribution in [2.24, 2.45) is 0 Å². The summed E-state index contributed by atoms with van der Waals surface area (Å²) < 4.78 is 67.2. The fraction of sp³-hybridized carbons (Fsp3) is 0.484. The van der Waals surface area contributed by atoms with E-state index < -0.39 is 27.9 Å². The highest BCUT2D eigenvalue weighted by Gasteiger charge is 2.35. The number of amides is 1. The second-order valence-electron chi connectivity index (χ2n) is 12.1. The number of carbonyl (C=O) groups excluding carboxylic acids is 1. The number of β-amino-alcohol motifs (C(OH)–C–C–N with tert-alkyl or cyclic N) is 1. The number of sulfonamides is 1. The van der Waals surface area contributed by atoms with Crippen LogP contribution in [0, 0.1) is 0 Å². The zero-order valence-corrected chi connectivity index (χ0v) is 26.4. The van der Waals surface area contributed by atoms with E-state index >= 15 is 0 Å². The predicted octanol–water partition coefficient (Wildman–Crippen LogP) is 4.34. The van der Waals surface area contributed by atoms with Gasteiger partial charge in [0.25, 0.3) is 0 Å². The van der Waals surface area contributed by atoms with E-state index in [1.54, 1.807) is 4.68 Å². The lowest BCUT2D eigenvalue weighted by atomic mass is 9.95. The van der Waals surface area contributed by atoms with Crippen molar-refractivity contribution in [3.63, 3.8) is 0 Å². The third-order valence-corrected chi connectivity index (χ3v) is 10.5. The molecule has 2 aromatic carbocycles. The first kappa shape index (κ1) is 32.0. The quantitative estimate of drug-likeness (QED) is 0.403. The summed E-state index contributed by atoms with van der Waals surface area (Å²) in [5, 5.41) is 16.5. The molecule has 0 aliphatic carbocycles. The summed E-state index contributed by atoms with van der Waals surface area (Å²) in [5.41, 5.74) is 3.48. The molecule has 1 N–H and O–H groups in total. The van der Waals surface area contributed by atoms with Gasteiger partial charge >= 0.3 is 6.18 Å². The Labute approximate surface area is 265 Å². The zero-order chi connectivity index (χ0) is 32.1. The van der Waals surface area contributed by atoms with E-state index in [-0.39, 0.29) is 31.6 Å². The van der Waals surface area contributed by atoms with E-state index in [0.717, 1.165) is 48.2 Å². The summed E-state index contributed by atoms with van der Waals surface area (Å²) in [4.78, 5) is 17.0. The third-order valence-electron chi connectivity index (χ3n) is 9.01. The molecule has 1 atom stereocenters. The third kappa shape index (κ3) is 6.78. The van der Waals surface area contributed by atoms with Crippen molar-refractivity contribution in [2.45, 2.75) is 63.5 Å². The Kier molecular flexibility index (Phi) is 8.76. The molecule has 1 aromatic heterocycles. The molecule has 242 valence electrons. The second kappa shape index (κ2) is 12.3. The Hall–Kier alpha value is -2.97. The van der Waals surface area contributed by atoms with Crippen LogP contribution in [0.15, 0.2) is 42.5 Å². The number of halogens is 4. The van der Waals surface area contributed by atoms with Gasteiger partial charge in [0.05, 0.1) is 30.2 Å². The number of nitrogens with zero attached hydrogens (tertiary/aromatic N) is 5. The Morgan fingerprint density at radius 2 is 1.73 bits per heavy atom. The molecule has 1 amide bonds. The molecular formula is C31H35ClF3N5O4S. The van der Waals surface area contributed by atoms with Gasteiger partial charge in [0.15, 0.2) is 0 Å².